The van der Waals surface area contributed by atoms with Crippen molar-refractivity contribution >= 4 is 23.2 Å². The van der Waals surface area contributed by atoms with Crippen LogP contribution in [0.15, 0.2) is 47.3 Å². The molecule has 164 valence electrons. The smallest absolute Gasteiger partial charge is 0.275 e. The molecule has 1 aliphatic rings. The van der Waals surface area contributed by atoms with Gasteiger partial charge in [0.15, 0.2) is 0 Å². The largest absolute Gasteiger partial charge is 0.318 e. The fraction of sp³-hybridized carbons (Fsp3) is 0.417. The van der Waals surface area contributed by atoms with Gasteiger partial charge < -0.3 is 9.46 Å². The van der Waals surface area contributed by atoms with Gasteiger partial charge in [0.1, 0.15) is 13.0 Å². The molecule has 0 N–H and O–H groups in total. The van der Waals surface area contributed by atoms with E-state index in [0.29, 0.717) is 42.5 Å². The lowest BCUT2D eigenvalue weighted by molar-refractivity contribution is 0.337. The fourth-order valence-electron chi connectivity index (χ4n) is 4.14. The van der Waals surface area contributed by atoms with Crippen molar-refractivity contribution in [1.82, 2.24) is 14.7 Å². The number of hydrogen-bond acceptors (Lipinski definition) is 4. The monoisotopic (exact) mass is 441 g/mol. The van der Waals surface area contributed by atoms with Crippen LogP contribution in [-0.4, -0.2) is 47.1 Å². The van der Waals surface area contributed by atoms with E-state index in [2.05, 4.69) is 4.90 Å². The zero-order valence-corrected chi connectivity index (χ0v) is 19.5. The van der Waals surface area contributed by atoms with Crippen LogP contribution in [0.3, 0.4) is 0 Å². The van der Waals surface area contributed by atoms with E-state index in [1.165, 1.54) is 10.7 Å². The highest BCUT2D eigenvalue weighted by Crippen LogP contribution is 2.46. The van der Waals surface area contributed by atoms with E-state index < -0.39 is 18.5 Å². The minimum absolute atomic E-state index is 0.123. The molecule has 2 heterocycles. The van der Waals surface area contributed by atoms with Gasteiger partial charge >= 0.3 is 0 Å². The molecular formula is C24H29FN3O2P. The first-order chi connectivity index (χ1) is 14.6. The topological polar surface area (TPSA) is 55.2 Å². The Morgan fingerprint density at radius 2 is 1.71 bits per heavy atom. The van der Waals surface area contributed by atoms with Crippen molar-refractivity contribution in [1.29, 1.82) is 0 Å². The maximum Gasteiger partial charge on any atom is 0.275 e. The third-order valence-electron chi connectivity index (χ3n) is 6.02. The third-order valence-corrected chi connectivity index (χ3v) is 9.09. The Labute approximate surface area is 182 Å². The Kier molecular flexibility index (Phi) is 5.65. The van der Waals surface area contributed by atoms with Crippen LogP contribution in [0.4, 0.5) is 4.39 Å². The van der Waals surface area contributed by atoms with Crippen LogP contribution in [0.2, 0.25) is 0 Å². The van der Waals surface area contributed by atoms with Gasteiger partial charge in [0.25, 0.3) is 5.56 Å². The molecule has 1 saturated heterocycles. The van der Waals surface area contributed by atoms with Crippen molar-refractivity contribution in [3.05, 3.63) is 69.9 Å². The van der Waals surface area contributed by atoms with Crippen molar-refractivity contribution in [3.63, 3.8) is 0 Å². The molecule has 4 rings (SSSR count). The Morgan fingerprint density at radius 1 is 1.06 bits per heavy atom. The van der Waals surface area contributed by atoms with Gasteiger partial charge in [0.2, 0.25) is 0 Å². The molecule has 7 heteroatoms. The van der Waals surface area contributed by atoms with E-state index in [-0.39, 0.29) is 5.56 Å². The molecule has 31 heavy (non-hydrogen) atoms. The number of fused-ring (bicyclic) bond motifs is 1. The number of aromatic nitrogens is 2. The highest BCUT2D eigenvalue weighted by Gasteiger charge is 2.32. The maximum absolute atomic E-state index is 14.7. The van der Waals surface area contributed by atoms with Crippen LogP contribution in [0.1, 0.15) is 32.0 Å². The Bertz CT molecular complexity index is 1230. The van der Waals surface area contributed by atoms with Gasteiger partial charge in [0.05, 0.1) is 16.6 Å². The molecular weight excluding hydrogens is 412 g/mol. The SMILES string of the molecule is CN1CCP(=O)(c2cc(Cc3nn(C(C)(C)C)c(=O)c4ccccc34)ccc2F)CC1. The summed E-state index contributed by atoms with van der Waals surface area (Å²) in [6, 6.07) is 12.4. The lowest BCUT2D eigenvalue weighted by Gasteiger charge is -2.30. The number of rotatable bonds is 3. The van der Waals surface area contributed by atoms with Crippen LogP contribution in [-0.2, 0) is 16.5 Å². The van der Waals surface area contributed by atoms with Gasteiger partial charge in [0, 0.05) is 42.5 Å². The molecule has 2 aromatic carbocycles. The second kappa shape index (κ2) is 7.99. The van der Waals surface area contributed by atoms with Crippen molar-refractivity contribution in [2.45, 2.75) is 32.7 Å². The van der Waals surface area contributed by atoms with Gasteiger partial charge in [-0.3, -0.25) is 4.79 Å². The molecule has 0 bridgehead atoms. The van der Waals surface area contributed by atoms with E-state index in [0.717, 1.165) is 16.6 Å². The lowest BCUT2D eigenvalue weighted by Crippen LogP contribution is -2.37. The Balaban J connectivity index is 1.79. The van der Waals surface area contributed by atoms with Gasteiger partial charge in [-0.25, -0.2) is 9.07 Å². The van der Waals surface area contributed by atoms with E-state index in [1.54, 1.807) is 12.1 Å². The van der Waals surface area contributed by atoms with E-state index in [4.69, 9.17) is 5.10 Å². The van der Waals surface area contributed by atoms with Crippen LogP contribution in [0.25, 0.3) is 10.8 Å². The Hall–Kier alpha value is -2.30. The molecule has 0 saturated carbocycles. The summed E-state index contributed by atoms with van der Waals surface area (Å²) in [5.74, 6) is -0.394. The normalized spacial score (nSPS) is 17.2. The van der Waals surface area contributed by atoms with Gasteiger partial charge in [-0.2, -0.15) is 5.10 Å². The molecule has 3 aromatic rings. The van der Waals surface area contributed by atoms with Crippen molar-refractivity contribution in [3.8, 4) is 0 Å². The first-order valence-electron chi connectivity index (χ1n) is 10.7. The van der Waals surface area contributed by atoms with Crippen molar-refractivity contribution in [2.75, 3.05) is 32.5 Å². The van der Waals surface area contributed by atoms with Crippen LogP contribution < -0.4 is 10.9 Å². The van der Waals surface area contributed by atoms with E-state index in [1.807, 2.05) is 52.1 Å². The predicted octanol–water partition coefficient (Wildman–Crippen LogP) is 3.82. The van der Waals surface area contributed by atoms with Crippen LogP contribution >= 0.6 is 7.14 Å². The molecule has 1 aromatic heterocycles. The lowest BCUT2D eigenvalue weighted by atomic mass is 10.0. The summed E-state index contributed by atoms with van der Waals surface area (Å²) in [5.41, 5.74) is 1.01. The summed E-state index contributed by atoms with van der Waals surface area (Å²) in [7, 11) is -0.760. The molecule has 0 radical (unpaired) electrons. The summed E-state index contributed by atoms with van der Waals surface area (Å²) in [4.78, 5) is 15.1. The van der Waals surface area contributed by atoms with E-state index >= 15 is 0 Å². The van der Waals surface area contributed by atoms with E-state index in [9.17, 15) is 13.8 Å². The molecule has 5 nitrogen and oxygen atoms in total. The predicted molar refractivity (Wildman–Crippen MR) is 125 cm³/mol. The highest BCUT2D eigenvalue weighted by molar-refractivity contribution is 7.71. The van der Waals surface area contributed by atoms with Crippen LogP contribution in [0.5, 0.6) is 0 Å². The second-order valence-corrected chi connectivity index (χ2v) is 12.6. The van der Waals surface area contributed by atoms with Gasteiger partial charge in [-0.05, 0) is 51.6 Å². The minimum Gasteiger partial charge on any atom is -0.318 e. The number of benzene rings is 2. The van der Waals surface area contributed by atoms with Gasteiger partial charge in [-0.1, -0.05) is 24.3 Å². The molecule has 0 amide bonds. The minimum atomic E-state index is -2.76. The third kappa shape index (κ3) is 4.24. The zero-order valence-electron chi connectivity index (χ0n) is 18.6. The first-order valence-corrected chi connectivity index (χ1v) is 12.7. The van der Waals surface area contributed by atoms with Crippen molar-refractivity contribution in [2.24, 2.45) is 0 Å². The number of halogens is 1. The van der Waals surface area contributed by atoms with Gasteiger partial charge in [-0.15, -0.1) is 0 Å². The molecule has 1 aliphatic heterocycles. The molecule has 0 spiro atoms. The van der Waals surface area contributed by atoms with Crippen molar-refractivity contribution < 1.29 is 8.96 Å². The number of nitrogens with zero attached hydrogens (tertiary/aromatic N) is 3. The standard InChI is InChI=1S/C24H29FN3O2P/c1-24(2,3)28-23(29)19-8-6-5-7-18(19)21(26-28)15-17-9-10-20(25)22(16-17)31(30)13-11-27(4)12-14-31/h5-10,16H,11-15H2,1-4H3. The molecule has 1 fully saturated rings. The number of hydrogen-bond donors (Lipinski definition) is 0. The average Bonchev–Trinajstić information content (AvgIpc) is 2.73. The summed E-state index contributed by atoms with van der Waals surface area (Å²) in [6.45, 7) is 7.26. The molecule has 0 atom stereocenters. The summed E-state index contributed by atoms with van der Waals surface area (Å²) in [5, 5.41) is 6.46. The fourth-order valence-corrected chi connectivity index (χ4v) is 7.04. The highest BCUT2D eigenvalue weighted by atomic mass is 31.2. The summed E-state index contributed by atoms with van der Waals surface area (Å²) >= 11 is 0. The first kappa shape index (κ1) is 21.9. The summed E-state index contributed by atoms with van der Waals surface area (Å²) in [6.07, 6.45) is 1.43. The molecule has 0 aliphatic carbocycles. The summed E-state index contributed by atoms with van der Waals surface area (Å²) < 4.78 is 29.8. The second-order valence-electron chi connectivity index (χ2n) is 9.48. The van der Waals surface area contributed by atoms with Crippen LogP contribution in [0, 0.1) is 5.82 Å². The zero-order chi connectivity index (χ0) is 22.4. The molecule has 0 unspecified atom stereocenters. The maximum atomic E-state index is 14.7. The average molecular weight is 441 g/mol. The Morgan fingerprint density at radius 3 is 2.35 bits per heavy atom. The quantitative estimate of drug-likeness (QED) is 0.580.